The molecule has 1 rings (SSSR count). The summed E-state index contributed by atoms with van der Waals surface area (Å²) in [5, 5.41) is 7.88. The second-order valence-electron chi connectivity index (χ2n) is 4.08. The zero-order valence-electron chi connectivity index (χ0n) is 11.9. The fourth-order valence-corrected chi connectivity index (χ4v) is 1.69. The van der Waals surface area contributed by atoms with Gasteiger partial charge in [0.1, 0.15) is 0 Å². The maximum Gasteiger partial charge on any atom is 0.253 e. The maximum atomic E-state index is 11.9. The van der Waals surface area contributed by atoms with E-state index in [-0.39, 0.29) is 37.1 Å². The highest BCUT2D eigenvalue weighted by molar-refractivity contribution is 6.31. The van der Waals surface area contributed by atoms with Crippen molar-refractivity contribution in [2.24, 2.45) is 5.73 Å². The van der Waals surface area contributed by atoms with Crippen LogP contribution in [0.1, 0.15) is 17.3 Å². The van der Waals surface area contributed by atoms with Gasteiger partial charge in [0.25, 0.3) is 5.91 Å². The van der Waals surface area contributed by atoms with Gasteiger partial charge in [-0.25, -0.2) is 0 Å². The summed E-state index contributed by atoms with van der Waals surface area (Å²) >= 11 is 5.86. The van der Waals surface area contributed by atoms with E-state index in [0.29, 0.717) is 17.1 Å². The van der Waals surface area contributed by atoms with Crippen LogP contribution in [0.2, 0.25) is 5.02 Å². The molecular weight excluding hydrogens is 331 g/mol. The summed E-state index contributed by atoms with van der Waals surface area (Å²) in [5.41, 5.74) is 5.68. The molecule has 0 unspecified atom stereocenters. The number of benzene rings is 1. The van der Waals surface area contributed by atoms with Crippen LogP contribution in [-0.4, -0.2) is 37.4 Å². The first kappa shape index (κ1) is 20.2. The summed E-state index contributed by atoms with van der Waals surface area (Å²) in [6.45, 7) is 1.81. The van der Waals surface area contributed by atoms with Gasteiger partial charge in [-0.1, -0.05) is 11.6 Å². The number of rotatable bonds is 6. The van der Waals surface area contributed by atoms with E-state index < -0.39 is 11.8 Å². The van der Waals surface area contributed by atoms with E-state index in [9.17, 15) is 14.4 Å². The van der Waals surface area contributed by atoms with Crippen LogP contribution in [0, 0.1) is 0 Å². The molecule has 0 aliphatic carbocycles. The van der Waals surface area contributed by atoms with Crippen LogP contribution >= 0.6 is 24.0 Å². The van der Waals surface area contributed by atoms with Gasteiger partial charge in [-0.05, 0) is 25.1 Å². The fourth-order valence-electron chi connectivity index (χ4n) is 1.52. The molecule has 0 aliphatic rings. The molecule has 1 aromatic carbocycles. The molecule has 22 heavy (non-hydrogen) atoms. The molecule has 0 atom stereocenters. The normalized spacial score (nSPS) is 9.41. The van der Waals surface area contributed by atoms with Crippen molar-refractivity contribution < 1.29 is 14.4 Å². The van der Waals surface area contributed by atoms with Crippen molar-refractivity contribution in [2.45, 2.75) is 6.92 Å². The summed E-state index contributed by atoms with van der Waals surface area (Å²) in [7, 11) is 0. The van der Waals surface area contributed by atoms with Crippen molar-refractivity contribution >= 4 is 47.4 Å². The van der Waals surface area contributed by atoms with Crippen LogP contribution in [0.15, 0.2) is 18.2 Å². The lowest BCUT2D eigenvalue weighted by molar-refractivity contribution is -0.123. The van der Waals surface area contributed by atoms with Crippen LogP contribution in [0.25, 0.3) is 0 Å². The lowest BCUT2D eigenvalue weighted by Crippen LogP contribution is -2.37. The highest BCUT2D eigenvalue weighted by Crippen LogP contribution is 2.21. The van der Waals surface area contributed by atoms with E-state index >= 15 is 0 Å². The number of carbonyl (C=O) groups excluding carboxylic acids is 3. The van der Waals surface area contributed by atoms with Crippen molar-refractivity contribution in [1.82, 2.24) is 10.6 Å². The van der Waals surface area contributed by atoms with E-state index in [0.717, 1.165) is 0 Å². The second-order valence-corrected chi connectivity index (χ2v) is 4.51. The molecule has 0 fully saturated rings. The topological polar surface area (TPSA) is 113 Å². The first-order chi connectivity index (χ1) is 9.97. The van der Waals surface area contributed by atoms with Crippen LogP contribution < -0.4 is 21.7 Å². The van der Waals surface area contributed by atoms with Gasteiger partial charge in [-0.15, -0.1) is 12.4 Å². The highest BCUT2D eigenvalue weighted by atomic mass is 35.5. The average molecular weight is 349 g/mol. The van der Waals surface area contributed by atoms with E-state index in [1.807, 2.05) is 0 Å². The van der Waals surface area contributed by atoms with Gasteiger partial charge in [-0.2, -0.15) is 0 Å². The van der Waals surface area contributed by atoms with Crippen molar-refractivity contribution in [3.63, 3.8) is 0 Å². The van der Waals surface area contributed by atoms with Crippen molar-refractivity contribution in [2.75, 3.05) is 25.0 Å². The first-order valence-electron chi connectivity index (χ1n) is 6.32. The van der Waals surface area contributed by atoms with Gasteiger partial charge < -0.3 is 21.7 Å². The van der Waals surface area contributed by atoms with Gasteiger partial charge >= 0.3 is 0 Å². The minimum atomic E-state index is -0.482. The molecule has 9 heteroatoms. The smallest absolute Gasteiger partial charge is 0.253 e. The molecule has 0 bridgehead atoms. The van der Waals surface area contributed by atoms with Crippen LogP contribution in [0.3, 0.4) is 0 Å². The first-order valence-corrected chi connectivity index (χ1v) is 6.70. The number of carbonyl (C=O) groups is 3. The fraction of sp³-hybridized carbons (Fsp3) is 0.308. The van der Waals surface area contributed by atoms with E-state index in [4.69, 9.17) is 17.3 Å². The molecule has 0 aliphatic heterocycles. The Morgan fingerprint density at radius 2 is 1.86 bits per heavy atom. The largest absolute Gasteiger partial charge is 0.352 e. The quantitative estimate of drug-likeness (QED) is 0.600. The lowest BCUT2D eigenvalue weighted by atomic mass is 10.1. The molecular formula is C13H18Cl2N4O3. The van der Waals surface area contributed by atoms with Gasteiger partial charge in [-0.3, -0.25) is 14.4 Å². The number of hydrogen-bond acceptors (Lipinski definition) is 4. The third-order valence-corrected chi connectivity index (χ3v) is 2.70. The van der Waals surface area contributed by atoms with Gasteiger partial charge in [0.05, 0.1) is 24.3 Å². The summed E-state index contributed by atoms with van der Waals surface area (Å²) in [6, 6.07) is 4.54. The molecule has 0 heterocycles. The molecule has 1 aromatic rings. The van der Waals surface area contributed by atoms with Crippen LogP contribution in [0.4, 0.5) is 5.69 Å². The van der Waals surface area contributed by atoms with Crippen molar-refractivity contribution in [3.05, 3.63) is 28.8 Å². The zero-order chi connectivity index (χ0) is 15.8. The SMILES string of the molecule is CCNC(=O)c1ccc(Cl)cc1NC(=O)CNC(=O)CN.Cl. The third kappa shape index (κ3) is 6.30. The molecule has 0 aromatic heterocycles. The number of nitrogens with one attached hydrogen (secondary N) is 3. The molecule has 7 nitrogen and oxygen atoms in total. The monoisotopic (exact) mass is 348 g/mol. The molecule has 0 spiro atoms. The van der Waals surface area contributed by atoms with Crippen LogP contribution in [0.5, 0.6) is 0 Å². The summed E-state index contributed by atoms with van der Waals surface area (Å²) in [5.74, 6) is -1.25. The van der Waals surface area contributed by atoms with Gasteiger partial charge in [0, 0.05) is 11.6 Å². The summed E-state index contributed by atoms with van der Waals surface area (Å²) in [4.78, 5) is 34.6. The second kappa shape index (κ2) is 9.99. The summed E-state index contributed by atoms with van der Waals surface area (Å²) < 4.78 is 0. The average Bonchev–Trinajstić information content (AvgIpc) is 2.45. The lowest BCUT2D eigenvalue weighted by Gasteiger charge is -2.11. The molecule has 5 N–H and O–H groups in total. The van der Waals surface area contributed by atoms with E-state index in [1.165, 1.54) is 12.1 Å². The number of halogens is 2. The third-order valence-electron chi connectivity index (χ3n) is 2.47. The minimum Gasteiger partial charge on any atom is -0.352 e. The number of anilines is 1. The molecule has 0 saturated carbocycles. The molecule has 3 amide bonds. The van der Waals surface area contributed by atoms with Gasteiger partial charge in [0.15, 0.2) is 0 Å². The number of hydrogen-bond donors (Lipinski definition) is 4. The standard InChI is InChI=1S/C13H17ClN4O3.ClH/c1-2-16-13(21)9-4-3-8(14)5-10(9)18-12(20)7-17-11(19)6-15;/h3-5H,2,6-7,15H2,1H3,(H,16,21)(H,17,19)(H,18,20);1H. The molecule has 0 radical (unpaired) electrons. The Hall–Kier alpha value is -1.83. The van der Waals surface area contributed by atoms with Crippen LogP contribution in [-0.2, 0) is 9.59 Å². The Kier molecular flexibility index (Phi) is 9.16. The van der Waals surface area contributed by atoms with E-state index in [1.54, 1.807) is 13.0 Å². The predicted molar refractivity (Wildman–Crippen MR) is 87.4 cm³/mol. The highest BCUT2D eigenvalue weighted by Gasteiger charge is 2.13. The Bertz CT molecular complexity index is 552. The zero-order valence-corrected chi connectivity index (χ0v) is 13.5. The number of nitrogens with two attached hydrogens (primary N) is 1. The Morgan fingerprint density at radius 3 is 2.45 bits per heavy atom. The van der Waals surface area contributed by atoms with Gasteiger partial charge in [0.2, 0.25) is 11.8 Å². The minimum absolute atomic E-state index is 0. The van der Waals surface area contributed by atoms with E-state index in [2.05, 4.69) is 16.0 Å². The molecule has 0 saturated heterocycles. The Labute approximate surface area is 139 Å². The summed E-state index contributed by atoms with van der Waals surface area (Å²) in [6.07, 6.45) is 0. The maximum absolute atomic E-state index is 11.9. The Morgan fingerprint density at radius 1 is 1.18 bits per heavy atom. The van der Waals surface area contributed by atoms with Crippen molar-refractivity contribution in [1.29, 1.82) is 0 Å². The molecule has 122 valence electrons. The Balaban J connectivity index is 0.00000441. The predicted octanol–water partition coefficient (Wildman–Crippen LogP) is 0.525. The van der Waals surface area contributed by atoms with Crippen molar-refractivity contribution in [3.8, 4) is 0 Å². The number of amides is 3.